The molecule has 1 heterocycles. The number of alkyl halides is 1. The minimum absolute atomic E-state index is 0.402. The molecule has 1 saturated carbocycles. The van der Waals surface area contributed by atoms with Crippen molar-refractivity contribution in [2.45, 2.75) is 63.6 Å². The van der Waals surface area contributed by atoms with Crippen molar-refractivity contribution < 1.29 is 4.74 Å². The van der Waals surface area contributed by atoms with Crippen molar-refractivity contribution in [3.8, 4) is 0 Å². The summed E-state index contributed by atoms with van der Waals surface area (Å²) in [6.07, 6.45) is 8.94. The maximum absolute atomic E-state index is 5.80. The number of hydrogen-bond donors (Lipinski definition) is 0. The Balaban J connectivity index is 1.93. The molecule has 2 atom stereocenters. The highest BCUT2D eigenvalue weighted by Crippen LogP contribution is 2.26. The normalized spacial score (nSPS) is 34.9. The second-order valence-electron chi connectivity index (χ2n) is 5.30. The van der Waals surface area contributed by atoms with Crippen LogP contribution >= 0.6 is 15.9 Å². The minimum atomic E-state index is 0.402. The van der Waals surface area contributed by atoms with Crippen LogP contribution in [0.15, 0.2) is 0 Å². The second-order valence-corrected chi connectivity index (χ2v) is 5.95. The third kappa shape index (κ3) is 3.21. The highest BCUT2D eigenvalue weighted by Gasteiger charge is 2.30. The molecule has 2 rings (SSSR count). The molecule has 2 aliphatic rings. The fraction of sp³-hybridized carbons (Fsp3) is 1.00. The Bertz CT molecular complexity index is 204. The van der Waals surface area contributed by atoms with Gasteiger partial charge in [-0.3, -0.25) is 4.90 Å². The number of hydrogen-bond acceptors (Lipinski definition) is 2. The summed E-state index contributed by atoms with van der Waals surface area (Å²) >= 11 is 3.55. The first kappa shape index (κ1) is 12.8. The monoisotopic (exact) mass is 289 g/mol. The fourth-order valence-electron chi connectivity index (χ4n) is 3.03. The first-order chi connectivity index (χ1) is 7.81. The van der Waals surface area contributed by atoms with Crippen LogP contribution in [0.3, 0.4) is 0 Å². The van der Waals surface area contributed by atoms with Gasteiger partial charge in [0.2, 0.25) is 0 Å². The highest BCUT2D eigenvalue weighted by atomic mass is 79.9. The summed E-state index contributed by atoms with van der Waals surface area (Å²) < 4.78 is 5.80. The second kappa shape index (κ2) is 6.36. The van der Waals surface area contributed by atoms with Gasteiger partial charge in [0, 0.05) is 24.0 Å². The Hall–Kier alpha value is 0.400. The van der Waals surface area contributed by atoms with E-state index in [-0.39, 0.29) is 0 Å². The molecule has 16 heavy (non-hydrogen) atoms. The smallest absolute Gasteiger partial charge is 0.0799 e. The van der Waals surface area contributed by atoms with Crippen molar-refractivity contribution in [1.29, 1.82) is 0 Å². The lowest BCUT2D eigenvalue weighted by atomic mass is 10.0. The fourth-order valence-corrected chi connectivity index (χ4v) is 3.42. The number of morpholine rings is 1. The Morgan fingerprint density at radius 3 is 2.50 bits per heavy atom. The highest BCUT2D eigenvalue weighted by molar-refractivity contribution is 9.09. The zero-order valence-electron chi connectivity index (χ0n) is 10.3. The molecule has 0 N–H and O–H groups in total. The molecule has 0 aromatic carbocycles. The van der Waals surface area contributed by atoms with Gasteiger partial charge in [-0.15, -0.1) is 0 Å². The van der Waals surface area contributed by atoms with E-state index in [2.05, 4.69) is 27.8 Å². The molecule has 0 spiro atoms. The quantitative estimate of drug-likeness (QED) is 0.572. The number of halogens is 1. The molecule has 3 heteroatoms. The molecular weight excluding hydrogens is 266 g/mol. The van der Waals surface area contributed by atoms with Crippen molar-refractivity contribution in [2.75, 3.05) is 18.5 Å². The zero-order valence-corrected chi connectivity index (χ0v) is 11.9. The van der Waals surface area contributed by atoms with Gasteiger partial charge >= 0.3 is 0 Å². The molecule has 1 aliphatic heterocycles. The van der Waals surface area contributed by atoms with Crippen molar-refractivity contribution in [2.24, 2.45) is 0 Å². The van der Waals surface area contributed by atoms with E-state index >= 15 is 0 Å². The predicted molar refractivity (Wildman–Crippen MR) is 71.2 cm³/mol. The van der Waals surface area contributed by atoms with Crippen LogP contribution in [-0.4, -0.2) is 41.6 Å². The van der Waals surface area contributed by atoms with E-state index in [4.69, 9.17) is 4.74 Å². The molecule has 94 valence electrons. The van der Waals surface area contributed by atoms with Gasteiger partial charge in [-0.2, -0.15) is 0 Å². The van der Waals surface area contributed by atoms with Crippen LogP contribution in [0.4, 0.5) is 0 Å². The van der Waals surface area contributed by atoms with Gasteiger partial charge in [-0.05, 0) is 19.8 Å². The lowest BCUT2D eigenvalue weighted by molar-refractivity contribution is -0.0656. The van der Waals surface area contributed by atoms with Crippen LogP contribution in [-0.2, 0) is 4.74 Å². The number of nitrogens with zero attached hydrogens (tertiary/aromatic N) is 1. The van der Waals surface area contributed by atoms with Gasteiger partial charge < -0.3 is 4.74 Å². The third-order valence-electron chi connectivity index (χ3n) is 4.02. The third-order valence-corrected chi connectivity index (χ3v) is 4.74. The summed E-state index contributed by atoms with van der Waals surface area (Å²) in [5.41, 5.74) is 0. The van der Waals surface area contributed by atoms with E-state index < -0.39 is 0 Å². The van der Waals surface area contributed by atoms with Crippen LogP contribution < -0.4 is 0 Å². The van der Waals surface area contributed by atoms with Crippen LogP contribution in [0.2, 0.25) is 0 Å². The van der Waals surface area contributed by atoms with Gasteiger partial charge in [-0.1, -0.05) is 41.6 Å². The minimum Gasteiger partial charge on any atom is -0.374 e. The van der Waals surface area contributed by atoms with Gasteiger partial charge in [0.05, 0.1) is 12.7 Å². The summed E-state index contributed by atoms with van der Waals surface area (Å²) in [7, 11) is 0. The molecule has 2 unspecified atom stereocenters. The molecule has 2 nitrogen and oxygen atoms in total. The molecule has 0 amide bonds. The summed E-state index contributed by atoms with van der Waals surface area (Å²) in [6.45, 7) is 4.35. The number of rotatable bonds is 2. The summed E-state index contributed by atoms with van der Waals surface area (Å²) in [6, 6.07) is 1.43. The summed E-state index contributed by atoms with van der Waals surface area (Å²) in [4.78, 5) is 2.71. The van der Waals surface area contributed by atoms with Crippen molar-refractivity contribution in [3.05, 3.63) is 0 Å². The largest absolute Gasteiger partial charge is 0.374 e. The zero-order chi connectivity index (χ0) is 11.4. The molecule has 1 aliphatic carbocycles. The van der Waals surface area contributed by atoms with E-state index in [0.717, 1.165) is 24.5 Å². The van der Waals surface area contributed by atoms with Gasteiger partial charge in [0.1, 0.15) is 0 Å². The van der Waals surface area contributed by atoms with E-state index in [1.165, 1.54) is 38.5 Å². The first-order valence-corrected chi connectivity index (χ1v) is 7.86. The summed E-state index contributed by atoms with van der Waals surface area (Å²) in [5.74, 6) is 0. The lowest BCUT2D eigenvalue weighted by Gasteiger charge is -2.42. The molecule has 2 fully saturated rings. The molecule has 0 bridgehead atoms. The van der Waals surface area contributed by atoms with Crippen LogP contribution in [0.25, 0.3) is 0 Å². The molecular formula is C13H24BrNO. The van der Waals surface area contributed by atoms with E-state index in [1.807, 2.05) is 0 Å². The molecule has 0 aromatic rings. The first-order valence-electron chi connectivity index (χ1n) is 6.74. The standard InChI is InChI=1S/C13H24BrNO/c1-11-10-16-13(8-14)9-15(11)12-6-4-2-3-5-7-12/h11-13H,2-10H2,1H3. The van der Waals surface area contributed by atoms with E-state index in [0.29, 0.717) is 12.1 Å². The van der Waals surface area contributed by atoms with Gasteiger partial charge in [0.25, 0.3) is 0 Å². The van der Waals surface area contributed by atoms with E-state index in [1.54, 1.807) is 0 Å². The van der Waals surface area contributed by atoms with E-state index in [9.17, 15) is 0 Å². The Kier molecular flexibility index (Phi) is 5.11. The van der Waals surface area contributed by atoms with Crippen molar-refractivity contribution in [3.63, 3.8) is 0 Å². The van der Waals surface area contributed by atoms with Crippen LogP contribution in [0.5, 0.6) is 0 Å². The topological polar surface area (TPSA) is 12.5 Å². The Morgan fingerprint density at radius 2 is 1.88 bits per heavy atom. The lowest BCUT2D eigenvalue weighted by Crippen LogP contribution is -2.53. The van der Waals surface area contributed by atoms with Crippen molar-refractivity contribution >= 4 is 15.9 Å². The maximum Gasteiger partial charge on any atom is 0.0799 e. The summed E-state index contributed by atoms with van der Waals surface area (Å²) in [5, 5.41) is 0.975. The molecule has 1 saturated heterocycles. The van der Waals surface area contributed by atoms with Crippen LogP contribution in [0.1, 0.15) is 45.4 Å². The maximum atomic E-state index is 5.80. The Labute approximate surface area is 108 Å². The predicted octanol–water partition coefficient (Wildman–Crippen LogP) is 3.19. The van der Waals surface area contributed by atoms with Crippen molar-refractivity contribution in [1.82, 2.24) is 4.90 Å². The average Bonchev–Trinajstić information content (AvgIpc) is 2.58. The number of ether oxygens (including phenoxy) is 1. The SMILES string of the molecule is CC1COC(CBr)CN1C1CCCCCC1. The average molecular weight is 290 g/mol. The van der Waals surface area contributed by atoms with Crippen LogP contribution in [0, 0.1) is 0 Å². The molecule has 0 aromatic heterocycles. The van der Waals surface area contributed by atoms with Gasteiger partial charge in [-0.25, -0.2) is 0 Å². The van der Waals surface area contributed by atoms with Gasteiger partial charge in [0.15, 0.2) is 0 Å². The Morgan fingerprint density at radius 1 is 1.19 bits per heavy atom. The molecule has 0 radical (unpaired) electrons.